The van der Waals surface area contributed by atoms with Crippen LogP contribution in [0.15, 0.2) is 43.2 Å². The summed E-state index contributed by atoms with van der Waals surface area (Å²) in [4.78, 5) is 8.39. The van der Waals surface area contributed by atoms with Crippen molar-refractivity contribution in [3.63, 3.8) is 0 Å². The van der Waals surface area contributed by atoms with Crippen LogP contribution in [0.3, 0.4) is 0 Å². The van der Waals surface area contributed by atoms with Gasteiger partial charge in [-0.3, -0.25) is 9.97 Å². The van der Waals surface area contributed by atoms with Gasteiger partial charge in [-0.25, -0.2) is 0 Å². The van der Waals surface area contributed by atoms with Crippen molar-refractivity contribution < 1.29 is 5.11 Å². The number of nitrogens with zero attached hydrogens (tertiary/aromatic N) is 2. The lowest BCUT2D eigenvalue weighted by molar-refractivity contribution is 0.169. The molecule has 0 radical (unpaired) electrons. The molecule has 0 bridgehead atoms. The van der Waals surface area contributed by atoms with Crippen molar-refractivity contribution in [1.29, 1.82) is 0 Å². The van der Waals surface area contributed by atoms with Crippen molar-refractivity contribution in [3.8, 4) is 0 Å². The van der Waals surface area contributed by atoms with Gasteiger partial charge in [0.15, 0.2) is 0 Å². The first-order valence-electron chi connectivity index (χ1n) is 5.31. The summed E-state index contributed by atoms with van der Waals surface area (Å²) in [5.74, 6) is 0. The van der Waals surface area contributed by atoms with Crippen LogP contribution < -0.4 is 0 Å². The predicted molar refractivity (Wildman–Crippen MR) is 63.9 cm³/mol. The van der Waals surface area contributed by atoms with Gasteiger partial charge in [0.05, 0.1) is 17.1 Å². The molecular weight excluding hydrogens is 200 g/mol. The van der Waals surface area contributed by atoms with Gasteiger partial charge in [0.1, 0.15) is 0 Å². The molecule has 82 valence electrons. The zero-order valence-corrected chi connectivity index (χ0v) is 9.00. The largest absolute Gasteiger partial charge is 0.388 e. The molecule has 1 heterocycles. The molecule has 2 aromatic rings. The lowest BCUT2D eigenvalue weighted by atomic mass is 10.0. The number of benzene rings is 1. The van der Waals surface area contributed by atoms with Crippen molar-refractivity contribution in [2.45, 2.75) is 18.9 Å². The second kappa shape index (κ2) is 4.86. The summed E-state index contributed by atoms with van der Waals surface area (Å²) in [6.07, 6.45) is 6.17. The number of hydrogen-bond acceptors (Lipinski definition) is 3. The van der Waals surface area contributed by atoms with E-state index in [9.17, 15) is 5.11 Å². The minimum atomic E-state index is -0.454. The van der Waals surface area contributed by atoms with E-state index in [0.717, 1.165) is 23.0 Å². The molecule has 0 saturated heterocycles. The van der Waals surface area contributed by atoms with Crippen molar-refractivity contribution in [2.75, 3.05) is 0 Å². The average Bonchev–Trinajstić information content (AvgIpc) is 2.35. The molecule has 2 rings (SSSR count). The van der Waals surface area contributed by atoms with Crippen LogP contribution in [0.1, 0.15) is 24.5 Å². The van der Waals surface area contributed by atoms with Crippen LogP contribution in [-0.4, -0.2) is 15.1 Å². The summed E-state index contributed by atoms with van der Waals surface area (Å²) >= 11 is 0. The monoisotopic (exact) mass is 214 g/mol. The van der Waals surface area contributed by atoms with Gasteiger partial charge < -0.3 is 5.11 Å². The molecule has 0 amide bonds. The van der Waals surface area contributed by atoms with E-state index in [-0.39, 0.29) is 0 Å². The maximum atomic E-state index is 9.92. The van der Waals surface area contributed by atoms with E-state index in [1.807, 2.05) is 24.3 Å². The standard InChI is InChI=1S/C13H14N2O/c1-2-3-4-13(16)10-5-6-11-12(9-10)15-8-7-14-11/h2,5-9,13,16H,1,3-4H2. The Bertz CT molecular complexity index is 496. The molecule has 16 heavy (non-hydrogen) atoms. The SMILES string of the molecule is C=CCCC(O)c1ccc2nccnc2c1. The summed E-state index contributed by atoms with van der Waals surface area (Å²) < 4.78 is 0. The second-order valence-electron chi connectivity index (χ2n) is 3.69. The molecule has 0 aliphatic carbocycles. The number of aromatic nitrogens is 2. The lowest BCUT2D eigenvalue weighted by Gasteiger charge is -2.09. The Kier molecular flexibility index (Phi) is 3.27. The molecule has 1 N–H and O–H groups in total. The zero-order valence-electron chi connectivity index (χ0n) is 9.00. The Morgan fingerprint density at radius 1 is 1.25 bits per heavy atom. The van der Waals surface area contributed by atoms with Gasteiger partial charge in [-0.2, -0.15) is 0 Å². The third-order valence-electron chi connectivity index (χ3n) is 2.52. The predicted octanol–water partition coefficient (Wildman–Crippen LogP) is 2.63. The van der Waals surface area contributed by atoms with Gasteiger partial charge in [0.25, 0.3) is 0 Å². The number of hydrogen-bond donors (Lipinski definition) is 1. The van der Waals surface area contributed by atoms with E-state index in [1.54, 1.807) is 12.4 Å². The van der Waals surface area contributed by atoms with E-state index in [2.05, 4.69) is 16.5 Å². The maximum absolute atomic E-state index is 9.92. The van der Waals surface area contributed by atoms with Crippen molar-refractivity contribution in [3.05, 3.63) is 48.8 Å². The highest BCUT2D eigenvalue weighted by Crippen LogP contribution is 2.21. The summed E-state index contributed by atoms with van der Waals surface area (Å²) in [6.45, 7) is 3.64. The molecule has 3 nitrogen and oxygen atoms in total. The molecule has 1 unspecified atom stereocenters. The van der Waals surface area contributed by atoms with E-state index < -0.39 is 6.10 Å². The fourth-order valence-electron chi connectivity index (χ4n) is 1.63. The van der Waals surface area contributed by atoms with E-state index in [0.29, 0.717) is 6.42 Å². The van der Waals surface area contributed by atoms with Crippen LogP contribution in [0.2, 0.25) is 0 Å². The molecular formula is C13H14N2O. The number of fused-ring (bicyclic) bond motifs is 1. The first-order chi connectivity index (χ1) is 7.81. The van der Waals surface area contributed by atoms with Gasteiger partial charge in [-0.15, -0.1) is 6.58 Å². The third-order valence-corrected chi connectivity index (χ3v) is 2.52. The first-order valence-corrected chi connectivity index (χ1v) is 5.31. The van der Waals surface area contributed by atoms with E-state index >= 15 is 0 Å². The molecule has 0 aliphatic rings. The number of aliphatic hydroxyl groups excluding tert-OH is 1. The fourth-order valence-corrected chi connectivity index (χ4v) is 1.63. The highest BCUT2D eigenvalue weighted by molar-refractivity contribution is 5.74. The Morgan fingerprint density at radius 3 is 2.75 bits per heavy atom. The molecule has 0 aliphatic heterocycles. The van der Waals surface area contributed by atoms with Crippen LogP contribution >= 0.6 is 0 Å². The number of aliphatic hydroxyl groups is 1. The van der Waals surface area contributed by atoms with Gasteiger partial charge in [-0.05, 0) is 30.5 Å². The van der Waals surface area contributed by atoms with Crippen molar-refractivity contribution in [1.82, 2.24) is 9.97 Å². The molecule has 1 atom stereocenters. The highest BCUT2D eigenvalue weighted by Gasteiger charge is 2.07. The van der Waals surface area contributed by atoms with Crippen LogP contribution in [-0.2, 0) is 0 Å². The Labute approximate surface area is 94.5 Å². The Balaban J connectivity index is 2.28. The van der Waals surface area contributed by atoms with Gasteiger partial charge in [0.2, 0.25) is 0 Å². The molecule has 1 aromatic heterocycles. The van der Waals surface area contributed by atoms with Gasteiger partial charge >= 0.3 is 0 Å². The molecule has 0 spiro atoms. The van der Waals surface area contributed by atoms with Crippen LogP contribution in [0.4, 0.5) is 0 Å². The van der Waals surface area contributed by atoms with Crippen molar-refractivity contribution >= 4 is 11.0 Å². The van der Waals surface area contributed by atoms with E-state index in [4.69, 9.17) is 0 Å². The maximum Gasteiger partial charge on any atom is 0.0890 e. The minimum absolute atomic E-state index is 0.454. The molecule has 3 heteroatoms. The van der Waals surface area contributed by atoms with Crippen molar-refractivity contribution in [2.24, 2.45) is 0 Å². The minimum Gasteiger partial charge on any atom is -0.388 e. The zero-order chi connectivity index (χ0) is 11.4. The van der Waals surface area contributed by atoms with Gasteiger partial charge in [0, 0.05) is 12.4 Å². The normalized spacial score (nSPS) is 12.6. The van der Waals surface area contributed by atoms with Crippen LogP contribution in [0.5, 0.6) is 0 Å². The number of rotatable bonds is 4. The van der Waals surface area contributed by atoms with Crippen LogP contribution in [0, 0.1) is 0 Å². The fraction of sp³-hybridized carbons (Fsp3) is 0.231. The topological polar surface area (TPSA) is 46.0 Å². The summed E-state index contributed by atoms with van der Waals surface area (Å²) in [5, 5.41) is 9.92. The molecule has 1 aromatic carbocycles. The quantitative estimate of drug-likeness (QED) is 0.796. The Hall–Kier alpha value is -1.74. The third kappa shape index (κ3) is 2.25. The lowest BCUT2D eigenvalue weighted by Crippen LogP contribution is -1.97. The van der Waals surface area contributed by atoms with Crippen LogP contribution in [0.25, 0.3) is 11.0 Å². The summed E-state index contributed by atoms with van der Waals surface area (Å²) in [7, 11) is 0. The van der Waals surface area contributed by atoms with Gasteiger partial charge in [-0.1, -0.05) is 12.1 Å². The van der Waals surface area contributed by atoms with E-state index in [1.165, 1.54) is 0 Å². The first kappa shape index (κ1) is 10.8. The molecule has 0 fully saturated rings. The number of allylic oxidation sites excluding steroid dienone is 1. The Morgan fingerprint density at radius 2 is 2.00 bits per heavy atom. The summed E-state index contributed by atoms with van der Waals surface area (Å²) in [6, 6.07) is 5.66. The second-order valence-corrected chi connectivity index (χ2v) is 3.69. The molecule has 0 saturated carbocycles. The average molecular weight is 214 g/mol. The highest BCUT2D eigenvalue weighted by atomic mass is 16.3. The smallest absolute Gasteiger partial charge is 0.0890 e. The summed E-state index contributed by atoms with van der Waals surface area (Å²) in [5.41, 5.74) is 2.55.